The molecule has 0 aromatic carbocycles. The normalized spacial score (nSPS) is 22.8. The third-order valence-corrected chi connectivity index (χ3v) is 1.76. The Kier molecular flexibility index (Phi) is 5.66. The van der Waals surface area contributed by atoms with Gasteiger partial charge >= 0.3 is 0 Å². The third kappa shape index (κ3) is 6.01. The van der Waals surface area contributed by atoms with Crippen molar-refractivity contribution in [3.8, 4) is 0 Å². The molecule has 6 heteroatoms. The van der Waals surface area contributed by atoms with Crippen LogP contribution in [0.25, 0.3) is 0 Å². The molecule has 1 aliphatic rings. The molecule has 6 nitrogen and oxygen atoms in total. The molecule has 0 aromatic heterocycles. The molecule has 13 heavy (non-hydrogen) atoms. The summed E-state index contributed by atoms with van der Waals surface area (Å²) in [7, 11) is 0. The molecule has 0 unspecified atom stereocenters. The molecular formula is C7H14N6. The van der Waals surface area contributed by atoms with Gasteiger partial charge in [-0.2, -0.15) is 10.2 Å². The Morgan fingerprint density at radius 3 is 1.46 bits per heavy atom. The zero-order chi connectivity index (χ0) is 9.19. The van der Waals surface area contributed by atoms with Crippen molar-refractivity contribution in [1.82, 2.24) is 0 Å². The highest BCUT2D eigenvalue weighted by atomic mass is 15.6. The first kappa shape index (κ1) is 9.88. The van der Waals surface area contributed by atoms with Crippen molar-refractivity contribution in [3.63, 3.8) is 0 Å². The first-order valence-electron chi connectivity index (χ1n) is 4.63. The number of hydrogen-bond acceptors (Lipinski definition) is 6. The highest BCUT2D eigenvalue weighted by Crippen LogP contribution is 2.04. The lowest BCUT2D eigenvalue weighted by Crippen LogP contribution is -1.84. The summed E-state index contributed by atoms with van der Waals surface area (Å²) in [6.45, 7) is 1.46. The zero-order valence-corrected chi connectivity index (χ0v) is 7.63. The maximum Gasteiger partial charge on any atom is 0.0621 e. The van der Waals surface area contributed by atoms with Gasteiger partial charge in [0.2, 0.25) is 0 Å². The Bertz CT molecular complexity index is 177. The lowest BCUT2D eigenvalue weighted by molar-refractivity contribution is 0.614. The van der Waals surface area contributed by atoms with Crippen LogP contribution in [0, 0.1) is 0 Å². The Balaban J connectivity index is 2.29. The van der Waals surface area contributed by atoms with E-state index in [4.69, 9.17) is 0 Å². The van der Waals surface area contributed by atoms with E-state index < -0.39 is 0 Å². The molecule has 0 fully saturated rings. The molecular weight excluding hydrogens is 168 g/mol. The molecule has 0 saturated carbocycles. The molecule has 0 radical (unpaired) electrons. The number of hydrogen-bond donors (Lipinski definition) is 0. The number of nitrogens with zero attached hydrogens (tertiary/aromatic N) is 6. The van der Waals surface area contributed by atoms with Crippen LogP contribution in [0.15, 0.2) is 31.1 Å². The highest BCUT2D eigenvalue weighted by molar-refractivity contribution is 4.47. The van der Waals surface area contributed by atoms with Gasteiger partial charge in [0.15, 0.2) is 0 Å². The average molecular weight is 182 g/mol. The van der Waals surface area contributed by atoms with Crippen LogP contribution in [0.1, 0.15) is 32.1 Å². The van der Waals surface area contributed by atoms with Crippen LogP contribution < -0.4 is 0 Å². The predicted octanol–water partition coefficient (Wildman–Crippen LogP) is 3.14. The van der Waals surface area contributed by atoms with Gasteiger partial charge in [-0.15, -0.1) is 0 Å². The molecule has 72 valence electrons. The standard InChI is InChI=1S/C7H14N6/c1-2-4-6-8-10-12-13-11-9-7-5-3-1/h1-7H2/b10-8?,11-9?,13-12-. The fourth-order valence-electron chi connectivity index (χ4n) is 1.08. The second kappa shape index (κ2) is 7.45. The minimum Gasteiger partial charge on any atom is -0.167 e. The summed E-state index contributed by atoms with van der Waals surface area (Å²) in [5, 5.41) is 21.2. The molecule has 0 aliphatic carbocycles. The minimum atomic E-state index is 0.732. The van der Waals surface area contributed by atoms with Crippen molar-refractivity contribution in [2.75, 3.05) is 13.1 Å². The molecule has 0 amide bonds. The van der Waals surface area contributed by atoms with Crippen molar-refractivity contribution < 1.29 is 0 Å². The largest absolute Gasteiger partial charge is 0.167 e. The summed E-state index contributed by atoms with van der Waals surface area (Å²) in [4.78, 5) is 0. The van der Waals surface area contributed by atoms with Gasteiger partial charge in [-0.25, -0.2) is 0 Å². The van der Waals surface area contributed by atoms with Crippen LogP contribution in [-0.4, -0.2) is 13.1 Å². The van der Waals surface area contributed by atoms with Crippen molar-refractivity contribution in [2.24, 2.45) is 31.1 Å². The van der Waals surface area contributed by atoms with Gasteiger partial charge in [-0.3, -0.25) is 0 Å². The Morgan fingerprint density at radius 1 is 0.462 bits per heavy atom. The maximum absolute atomic E-state index is 3.80. The van der Waals surface area contributed by atoms with Gasteiger partial charge in [-0.05, 0) is 33.7 Å². The van der Waals surface area contributed by atoms with Gasteiger partial charge in [0.05, 0.1) is 13.1 Å². The van der Waals surface area contributed by atoms with E-state index in [2.05, 4.69) is 31.1 Å². The van der Waals surface area contributed by atoms with E-state index in [-0.39, 0.29) is 0 Å². The van der Waals surface area contributed by atoms with E-state index in [9.17, 15) is 0 Å². The van der Waals surface area contributed by atoms with Crippen LogP contribution in [0.4, 0.5) is 0 Å². The SMILES string of the molecule is C1CCCN=N/N=N\N=NCCC1. The highest BCUT2D eigenvalue weighted by Gasteiger charge is 1.90. The molecule has 1 aliphatic heterocycles. The summed E-state index contributed by atoms with van der Waals surface area (Å²) in [5.74, 6) is 0. The van der Waals surface area contributed by atoms with E-state index in [1.54, 1.807) is 0 Å². The zero-order valence-electron chi connectivity index (χ0n) is 7.63. The topological polar surface area (TPSA) is 74.2 Å². The van der Waals surface area contributed by atoms with E-state index >= 15 is 0 Å². The lowest BCUT2D eigenvalue weighted by Gasteiger charge is -1.95. The van der Waals surface area contributed by atoms with Crippen LogP contribution in [0.5, 0.6) is 0 Å². The maximum atomic E-state index is 3.80. The van der Waals surface area contributed by atoms with Crippen molar-refractivity contribution in [2.45, 2.75) is 32.1 Å². The summed E-state index contributed by atoms with van der Waals surface area (Å²) >= 11 is 0. The molecule has 1 rings (SSSR count). The first-order valence-corrected chi connectivity index (χ1v) is 4.63. The van der Waals surface area contributed by atoms with Crippen molar-refractivity contribution >= 4 is 0 Å². The Labute approximate surface area is 77.2 Å². The van der Waals surface area contributed by atoms with Crippen molar-refractivity contribution in [1.29, 1.82) is 0 Å². The van der Waals surface area contributed by atoms with Crippen LogP contribution in [-0.2, 0) is 0 Å². The van der Waals surface area contributed by atoms with Gasteiger partial charge in [-0.1, -0.05) is 19.3 Å². The molecule has 0 N–H and O–H groups in total. The lowest BCUT2D eigenvalue weighted by atomic mass is 10.1. The van der Waals surface area contributed by atoms with Crippen LogP contribution in [0.3, 0.4) is 0 Å². The van der Waals surface area contributed by atoms with E-state index in [0.717, 1.165) is 25.9 Å². The van der Waals surface area contributed by atoms with Crippen LogP contribution in [0.2, 0.25) is 0 Å². The summed E-state index contributed by atoms with van der Waals surface area (Å²) in [6, 6.07) is 0. The summed E-state index contributed by atoms with van der Waals surface area (Å²) < 4.78 is 0. The van der Waals surface area contributed by atoms with Gasteiger partial charge in [0, 0.05) is 0 Å². The van der Waals surface area contributed by atoms with Gasteiger partial charge in [0.1, 0.15) is 0 Å². The Morgan fingerprint density at radius 2 is 0.923 bits per heavy atom. The second-order valence-corrected chi connectivity index (χ2v) is 2.86. The number of rotatable bonds is 0. The molecule has 1 heterocycles. The van der Waals surface area contributed by atoms with E-state index in [0.29, 0.717) is 0 Å². The van der Waals surface area contributed by atoms with E-state index in [1.807, 2.05) is 0 Å². The third-order valence-electron chi connectivity index (χ3n) is 1.76. The monoisotopic (exact) mass is 182 g/mol. The van der Waals surface area contributed by atoms with Gasteiger partial charge < -0.3 is 0 Å². The summed E-state index contributed by atoms with van der Waals surface area (Å²) in [6.07, 6.45) is 5.79. The summed E-state index contributed by atoms with van der Waals surface area (Å²) in [5.41, 5.74) is 0. The second-order valence-electron chi connectivity index (χ2n) is 2.86. The average Bonchev–Trinajstić information content (AvgIpc) is 2.18. The van der Waals surface area contributed by atoms with Crippen LogP contribution >= 0.6 is 0 Å². The first-order chi connectivity index (χ1) is 6.50. The molecule has 0 atom stereocenters. The smallest absolute Gasteiger partial charge is 0.0621 e. The van der Waals surface area contributed by atoms with Crippen molar-refractivity contribution in [3.05, 3.63) is 0 Å². The molecule has 0 spiro atoms. The van der Waals surface area contributed by atoms with E-state index in [1.165, 1.54) is 19.3 Å². The predicted molar refractivity (Wildman–Crippen MR) is 47.4 cm³/mol. The molecule has 0 saturated heterocycles. The van der Waals surface area contributed by atoms with Gasteiger partial charge in [0.25, 0.3) is 0 Å². The quantitative estimate of drug-likeness (QED) is 0.552. The molecule has 0 bridgehead atoms. The Hall–Kier alpha value is -1.20. The molecule has 0 aromatic rings. The fraction of sp³-hybridized carbons (Fsp3) is 1.00. The fourth-order valence-corrected chi connectivity index (χ4v) is 1.08. The minimum absolute atomic E-state index is 0.732.